The fourth-order valence-corrected chi connectivity index (χ4v) is 1.94. The molecule has 1 aromatic carbocycles. The lowest BCUT2D eigenvalue weighted by molar-refractivity contribution is -0.120. The number of hydrogen-bond acceptors (Lipinski definition) is 1. The van der Waals surface area contributed by atoms with Crippen molar-refractivity contribution in [2.24, 2.45) is 11.8 Å². The van der Waals surface area contributed by atoms with Gasteiger partial charge in [0.2, 0.25) is 5.91 Å². The summed E-state index contributed by atoms with van der Waals surface area (Å²) in [7, 11) is 0. The molecule has 0 bridgehead atoms. The van der Waals surface area contributed by atoms with E-state index in [1.54, 1.807) is 0 Å². The van der Waals surface area contributed by atoms with E-state index in [0.717, 1.165) is 18.7 Å². The molecule has 2 atom stereocenters. The fourth-order valence-electron chi connectivity index (χ4n) is 1.94. The molecule has 0 N–H and O–H groups in total. The first-order valence-electron chi connectivity index (χ1n) is 5.60. The Bertz CT molecular complexity index is 347. The quantitative estimate of drug-likeness (QED) is 0.739. The lowest BCUT2D eigenvalue weighted by Crippen LogP contribution is -2.32. The zero-order chi connectivity index (χ0) is 10.8. The minimum atomic E-state index is 0.269. The van der Waals surface area contributed by atoms with Gasteiger partial charge < -0.3 is 4.90 Å². The molecule has 1 amide bonds. The standard InChI is InChI=1S/C13H17NO/c1-3-14(11-7-5-4-6-8-11)13(15)12-9-10(12)2/h4-8,10,12H,3,9H2,1-2H3. The van der Waals surface area contributed by atoms with Crippen LogP contribution in [0.2, 0.25) is 0 Å². The second-order valence-corrected chi connectivity index (χ2v) is 4.24. The van der Waals surface area contributed by atoms with Crippen molar-refractivity contribution in [1.82, 2.24) is 0 Å². The Morgan fingerprint density at radius 2 is 2.00 bits per heavy atom. The molecule has 1 fully saturated rings. The van der Waals surface area contributed by atoms with Crippen molar-refractivity contribution in [2.75, 3.05) is 11.4 Å². The van der Waals surface area contributed by atoms with Crippen molar-refractivity contribution in [2.45, 2.75) is 20.3 Å². The zero-order valence-corrected chi connectivity index (χ0v) is 9.31. The van der Waals surface area contributed by atoms with E-state index in [4.69, 9.17) is 0 Å². The average molecular weight is 203 g/mol. The summed E-state index contributed by atoms with van der Waals surface area (Å²) in [5.74, 6) is 1.14. The molecular weight excluding hydrogens is 186 g/mol. The van der Waals surface area contributed by atoms with Crippen LogP contribution in [0.5, 0.6) is 0 Å². The molecular formula is C13H17NO. The molecule has 2 heteroatoms. The van der Waals surface area contributed by atoms with Crippen LogP contribution >= 0.6 is 0 Å². The van der Waals surface area contributed by atoms with E-state index in [2.05, 4.69) is 6.92 Å². The number of anilines is 1. The monoisotopic (exact) mass is 203 g/mol. The number of benzene rings is 1. The molecule has 1 aliphatic rings. The molecule has 2 unspecified atom stereocenters. The summed E-state index contributed by atoms with van der Waals surface area (Å²) in [6.45, 7) is 4.92. The summed E-state index contributed by atoms with van der Waals surface area (Å²) in [4.78, 5) is 14.0. The van der Waals surface area contributed by atoms with Gasteiger partial charge in [-0.05, 0) is 31.4 Å². The normalized spacial score (nSPS) is 23.6. The number of carbonyl (C=O) groups excluding carboxylic acids is 1. The van der Waals surface area contributed by atoms with E-state index in [9.17, 15) is 4.79 Å². The lowest BCUT2D eigenvalue weighted by atomic mass is 10.2. The summed E-state index contributed by atoms with van der Waals surface area (Å²) in [6, 6.07) is 9.91. The molecule has 0 heterocycles. The molecule has 0 aromatic heterocycles. The second kappa shape index (κ2) is 4.05. The fraction of sp³-hybridized carbons (Fsp3) is 0.462. The van der Waals surface area contributed by atoms with Crippen molar-refractivity contribution in [1.29, 1.82) is 0 Å². The Morgan fingerprint density at radius 1 is 1.40 bits per heavy atom. The van der Waals surface area contributed by atoms with Crippen LogP contribution in [0.1, 0.15) is 20.3 Å². The first kappa shape index (κ1) is 10.2. The molecule has 80 valence electrons. The van der Waals surface area contributed by atoms with E-state index in [0.29, 0.717) is 5.92 Å². The highest BCUT2D eigenvalue weighted by atomic mass is 16.2. The third-order valence-electron chi connectivity index (χ3n) is 3.08. The van der Waals surface area contributed by atoms with Crippen LogP contribution in [-0.4, -0.2) is 12.5 Å². The number of nitrogens with zero attached hydrogens (tertiary/aromatic N) is 1. The van der Waals surface area contributed by atoms with Gasteiger partial charge in [0.25, 0.3) is 0 Å². The Labute approximate surface area is 90.9 Å². The minimum Gasteiger partial charge on any atom is -0.312 e. The Hall–Kier alpha value is -1.31. The van der Waals surface area contributed by atoms with Gasteiger partial charge in [-0.2, -0.15) is 0 Å². The van der Waals surface area contributed by atoms with Crippen molar-refractivity contribution < 1.29 is 4.79 Å². The summed E-state index contributed by atoms with van der Waals surface area (Å²) >= 11 is 0. The predicted octanol–water partition coefficient (Wildman–Crippen LogP) is 2.70. The smallest absolute Gasteiger partial charge is 0.230 e. The van der Waals surface area contributed by atoms with E-state index in [-0.39, 0.29) is 11.8 Å². The van der Waals surface area contributed by atoms with E-state index in [1.807, 2.05) is 42.2 Å². The Balaban J connectivity index is 2.14. The van der Waals surface area contributed by atoms with Gasteiger partial charge in [-0.25, -0.2) is 0 Å². The zero-order valence-electron chi connectivity index (χ0n) is 9.31. The highest BCUT2D eigenvalue weighted by molar-refractivity contribution is 5.96. The summed E-state index contributed by atoms with van der Waals surface area (Å²) in [5.41, 5.74) is 1.02. The van der Waals surface area contributed by atoms with Crippen molar-refractivity contribution in [3.05, 3.63) is 30.3 Å². The molecule has 1 saturated carbocycles. The maximum atomic E-state index is 12.1. The Morgan fingerprint density at radius 3 is 2.47 bits per heavy atom. The van der Waals surface area contributed by atoms with Crippen LogP contribution in [0.3, 0.4) is 0 Å². The molecule has 2 nitrogen and oxygen atoms in total. The van der Waals surface area contributed by atoms with Crippen LogP contribution in [0.25, 0.3) is 0 Å². The van der Waals surface area contributed by atoms with Gasteiger partial charge in [-0.15, -0.1) is 0 Å². The SMILES string of the molecule is CCN(C(=O)C1CC1C)c1ccccc1. The average Bonchev–Trinajstić information content (AvgIpc) is 2.98. The van der Waals surface area contributed by atoms with Gasteiger partial charge in [-0.1, -0.05) is 25.1 Å². The highest BCUT2D eigenvalue weighted by Crippen LogP contribution is 2.39. The lowest BCUT2D eigenvalue weighted by Gasteiger charge is -2.21. The Kier molecular flexibility index (Phi) is 2.76. The van der Waals surface area contributed by atoms with Gasteiger partial charge in [0.1, 0.15) is 0 Å². The number of carbonyl (C=O) groups is 1. The largest absolute Gasteiger partial charge is 0.312 e. The summed E-state index contributed by atoms with van der Waals surface area (Å²) in [5, 5.41) is 0. The van der Waals surface area contributed by atoms with Crippen LogP contribution in [-0.2, 0) is 4.79 Å². The summed E-state index contributed by atoms with van der Waals surface area (Å²) < 4.78 is 0. The molecule has 1 aliphatic carbocycles. The maximum Gasteiger partial charge on any atom is 0.230 e. The van der Waals surface area contributed by atoms with Crippen LogP contribution in [0.4, 0.5) is 5.69 Å². The molecule has 0 radical (unpaired) electrons. The number of hydrogen-bond donors (Lipinski definition) is 0. The van der Waals surface area contributed by atoms with Crippen molar-refractivity contribution in [3.63, 3.8) is 0 Å². The highest BCUT2D eigenvalue weighted by Gasteiger charge is 2.41. The van der Waals surface area contributed by atoms with Crippen molar-refractivity contribution >= 4 is 11.6 Å². The van der Waals surface area contributed by atoms with Crippen LogP contribution < -0.4 is 4.90 Å². The van der Waals surface area contributed by atoms with Gasteiger partial charge in [0, 0.05) is 18.2 Å². The molecule has 15 heavy (non-hydrogen) atoms. The van der Waals surface area contributed by atoms with Gasteiger partial charge in [-0.3, -0.25) is 4.79 Å². The van der Waals surface area contributed by atoms with Gasteiger partial charge >= 0.3 is 0 Å². The summed E-state index contributed by atoms with van der Waals surface area (Å²) in [6.07, 6.45) is 1.06. The van der Waals surface area contributed by atoms with Crippen LogP contribution in [0.15, 0.2) is 30.3 Å². The van der Waals surface area contributed by atoms with E-state index < -0.39 is 0 Å². The third-order valence-corrected chi connectivity index (χ3v) is 3.08. The number of amides is 1. The number of para-hydroxylation sites is 1. The predicted molar refractivity (Wildman–Crippen MR) is 61.7 cm³/mol. The van der Waals surface area contributed by atoms with E-state index >= 15 is 0 Å². The van der Waals surface area contributed by atoms with Gasteiger partial charge in [0.15, 0.2) is 0 Å². The topological polar surface area (TPSA) is 20.3 Å². The molecule has 0 saturated heterocycles. The van der Waals surface area contributed by atoms with Crippen molar-refractivity contribution in [3.8, 4) is 0 Å². The third kappa shape index (κ3) is 2.04. The molecule has 1 aromatic rings. The van der Waals surface area contributed by atoms with Gasteiger partial charge in [0.05, 0.1) is 0 Å². The molecule has 0 aliphatic heterocycles. The first-order chi connectivity index (χ1) is 7.24. The second-order valence-electron chi connectivity index (χ2n) is 4.24. The molecule has 0 spiro atoms. The number of rotatable bonds is 3. The maximum absolute atomic E-state index is 12.1. The first-order valence-corrected chi connectivity index (χ1v) is 5.60. The van der Waals surface area contributed by atoms with E-state index in [1.165, 1.54) is 0 Å². The minimum absolute atomic E-state index is 0.269. The van der Waals surface area contributed by atoms with Crippen LogP contribution in [0, 0.1) is 11.8 Å². The molecule has 2 rings (SSSR count).